The molecule has 5 rings (SSSR count). The second-order valence-corrected chi connectivity index (χ2v) is 9.87. The number of aromatic nitrogens is 5. The molecule has 0 aliphatic carbocycles. The van der Waals surface area contributed by atoms with E-state index in [2.05, 4.69) is 61.2 Å². The maximum atomic E-state index is 14.8. The van der Waals surface area contributed by atoms with Crippen LogP contribution in [0.25, 0.3) is 22.3 Å². The van der Waals surface area contributed by atoms with Crippen LogP contribution in [0.1, 0.15) is 12.8 Å². The first kappa shape index (κ1) is 27.0. The van der Waals surface area contributed by atoms with Crippen LogP contribution in [0.2, 0.25) is 0 Å². The van der Waals surface area contributed by atoms with Crippen LogP contribution in [0.5, 0.6) is 5.75 Å². The van der Waals surface area contributed by atoms with Gasteiger partial charge in [0.15, 0.2) is 11.5 Å². The molecule has 1 amide bonds. The maximum absolute atomic E-state index is 14.8. The van der Waals surface area contributed by atoms with E-state index in [0.29, 0.717) is 34.4 Å². The van der Waals surface area contributed by atoms with Gasteiger partial charge in [0.2, 0.25) is 11.9 Å². The molecule has 11 nitrogen and oxygen atoms in total. The number of nitrogens with zero attached hydrogens (tertiary/aromatic N) is 7. The first-order valence-corrected chi connectivity index (χ1v) is 12.9. The zero-order chi connectivity index (χ0) is 28.4. The molecular weight excluding hydrogens is 513 g/mol. The number of piperidine rings is 1. The Morgan fingerprint density at radius 1 is 1.15 bits per heavy atom. The smallest absolute Gasteiger partial charge is 0.247 e. The van der Waals surface area contributed by atoms with Gasteiger partial charge in [-0.15, -0.1) is 0 Å². The van der Waals surface area contributed by atoms with Crippen molar-refractivity contribution in [3.63, 3.8) is 0 Å². The minimum absolute atomic E-state index is 0.0929. The number of anilines is 4. The van der Waals surface area contributed by atoms with Crippen LogP contribution in [-0.4, -0.2) is 75.9 Å². The average Bonchev–Trinajstić information content (AvgIpc) is 3.33. The number of carbonyl (C=O) groups excluding carboxylic acids is 1. The van der Waals surface area contributed by atoms with Crippen LogP contribution in [0.4, 0.5) is 27.4 Å². The Kier molecular flexibility index (Phi) is 7.60. The van der Waals surface area contributed by atoms with Gasteiger partial charge in [-0.2, -0.15) is 5.10 Å². The molecule has 208 valence electrons. The Hall–Kier alpha value is -4.58. The van der Waals surface area contributed by atoms with Gasteiger partial charge in [-0.3, -0.25) is 9.48 Å². The second-order valence-electron chi connectivity index (χ2n) is 9.87. The standard InChI is InChI=1S/C28H32FN9O2/c1-6-25(39)33-21-12-22(24(40-5)13-23(21)38-9-7-19(8-10-38)36(2)3)34-28-31-16-20(29)26(35-28)17-11-18-15-32-37(4)27(18)30-14-17/h6,11-16,19H,1,7-10H2,2-5H3,(H,33,39)(H,31,34,35). The van der Waals surface area contributed by atoms with Crippen LogP contribution >= 0.6 is 0 Å². The number of pyridine rings is 1. The third-order valence-corrected chi connectivity index (χ3v) is 7.13. The fourth-order valence-corrected chi connectivity index (χ4v) is 4.93. The highest BCUT2D eigenvalue weighted by molar-refractivity contribution is 6.02. The van der Waals surface area contributed by atoms with Gasteiger partial charge < -0.3 is 25.2 Å². The van der Waals surface area contributed by atoms with E-state index < -0.39 is 5.82 Å². The maximum Gasteiger partial charge on any atom is 0.247 e. The lowest BCUT2D eigenvalue weighted by atomic mass is 10.0. The number of ether oxygens (including phenoxy) is 1. The van der Waals surface area contributed by atoms with Crippen molar-refractivity contribution in [2.24, 2.45) is 7.05 Å². The number of amides is 1. The van der Waals surface area contributed by atoms with Gasteiger partial charge in [0, 0.05) is 49.4 Å². The van der Waals surface area contributed by atoms with Crippen LogP contribution < -0.4 is 20.3 Å². The first-order chi connectivity index (χ1) is 19.3. The second kappa shape index (κ2) is 11.3. The Bertz CT molecular complexity index is 1560. The number of methoxy groups -OCH3 is 1. The van der Waals surface area contributed by atoms with E-state index in [4.69, 9.17) is 4.74 Å². The number of benzene rings is 1. The lowest BCUT2D eigenvalue weighted by molar-refractivity contribution is -0.111. The number of rotatable bonds is 8. The van der Waals surface area contributed by atoms with Crippen LogP contribution in [0.15, 0.2) is 49.4 Å². The van der Waals surface area contributed by atoms with Crippen molar-refractivity contribution in [3.8, 4) is 17.0 Å². The lowest BCUT2D eigenvalue weighted by Crippen LogP contribution is -2.42. The predicted molar refractivity (Wildman–Crippen MR) is 154 cm³/mol. The number of halogens is 1. The van der Waals surface area contributed by atoms with Crippen LogP contribution in [-0.2, 0) is 11.8 Å². The summed E-state index contributed by atoms with van der Waals surface area (Å²) in [6.07, 6.45) is 7.54. The van der Waals surface area contributed by atoms with E-state index in [0.717, 1.165) is 43.2 Å². The van der Waals surface area contributed by atoms with Crippen molar-refractivity contribution >= 4 is 40.0 Å². The molecule has 1 aliphatic heterocycles. The zero-order valence-corrected chi connectivity index (χ0v) is 23.0. The Labute approximate surface area is 231 Å². The molecule has 2 N–H and O–H groups in total. The Morgan fingerprint density at radius 3 is 2.62 bits per heavy atom. The SMILES string of the molecule is C=CC(=O)Nc1cc(Nc2ncc(F)c(-c3cnc4c(cnn4C)c3)n2)c(OC)cc1N1CCC(N(C)C)CC1. The van der Waals surface area contributed by atoms with Crippen molar-refractivity contribution in [2.45, 2.75) is 18.9 Å². The minimum atomic E-state index is -0.585. The highest BCUT2D eigenvalue weighted by Gasteiger charge is 2.24. The first-order valence-electron chi connectivity index (χ1n) is 12.9. The monoisotopic (exact) mass is 545 g/mol. The zero-order valence-electron chi connectivity index (χ0n) is 23.0. The molecule has 1 aliphatic rings. The molecule has 0 spiro atoms. The normalized spacial score (nSPS) is 14.0. The summed E-state index contributed by atoms with van der Waals surface area (Å²) in [5, 5.41) is 11.0. The Balaban J connectivity index is 1.48. The van der Waals surface area contributed by atoms with E-state index in [1.54, 1.807) is 43.4 Å². The van der Waals surface area contributed by atoms with Crippen molar-refractivity contribution in [1.82, 2.24) is 29.6 Å². The number of carbonyl (C=O) groups is 1. The quantitative estimate of drug-likeness (QED) is 0.318. The van der Waals surface area contributed by atoms with E-state index in [1.807, 2.05) is 6.07 Å². The molecule has 1 fully saturated rings. The van der Waals surface area contributed by atoms with Crippen molar-refractivity contribution in [3.05, 3.63) is 55.3 Å². The third kappa shape index (κ3) is 5.43. The number of aryl methyl sites for hydroxylation is 1. The van der Waals surface area contributed by atoms with Gasteiger partial charge in [0.25, 0.3) is 0 Å². The van der Waals surface area contributed by atoms with Gasteiger partial charge in [0.05, 0.1) is 36.6 Å². The molecule has 4 heterocycles. The van der Waals surface area contributed by atoms with E-state index >= 15 is 0 Å². The molecule has 0 atom stereocenters. The van der Waals surface area contributed by atoms with Gasteiger partial charge in [0.1, 0.15) is 11.4 Å². The molecule has 0 unspecified atom stereocenters. The molecule has 0 saturated carbocycles. The molecule has 0 radical (unpaired) electrons. The van der Waals surface area contributed by atoms with Crippen molar-refractivity contribution in [1.29, 1.82) is 0 Å². The van der Waals surface area contributed by atoms with E-state index in [-0.39, 0.29) is 17.5 Å². The number of hydrogen-bond acceptors (Lipinski definition) is 9. The minimum Gasteiger partial charge on any atom is -0.494 e. The summed E-state index contributed by atoms with van der Waals surface area (Å²) < 4.78 is 22.2. The van der Waals surface area contributed by atoms with Gasteiger partial charge in [-0.1, -0.05) is 6.58 Å². The number of hydrogen-bond donors (Lipinski definition) is 2. The molecule has 1 aromatic carbocycles. The van der Waals surface area contributed by atoms with Crippen molar-refractivity contribution < 1.29 is 13.9 Å². The molecule has 12 heteroatoms. The largest absolute Gasteiger partial charge is 0.494 e. The van der Waals surface area contributed by atoms with Crippen LogP contribution in [0, 0.1) is 5.82 Å². The summed E-state index contributed by atoms with van der Waals surface area (Å²) >= 11 is 0. The average molecular weight is 546 g/mol. The summed E-state index contributed by atoms with van der Waals surface area (Å²) in [6, 6.07) is 5.93. The molecule has 1 saturated heterocycles. The topological polar surface area (TPSA) is 113 Å². The van der Waals surface area contributed by atoms with Gasteiger partial charge in [-0.25, -0.2) is 19.3 Å². The highest BCUT2D eigenvalue weighted by atomic mass is 19.1. The summed E-state index contributed by atoms with van der Waals surface area (Å²) in [5.41, 5.74) is 3.20. The summed E-state index contributed by atoms with van der Waals surface area (Å²) in [7, 11) is 7.54. The van der Waals surface area contributed by atoms with Crippen molar-refractivity contribution in [2.75, 3.05) is 49.8 Å². The summed E-state index contributed by atoms with van der Waals surface area (Å²) in [6.45, 7) is 5.24. The van der Waals surface area contributed by atoms with Gasteiger partial charge >= 0.3 is 0 Å². The molecule has 40 heavy (non-hydrogen) atoms. The molecular formula is C28H32FN9O2. The van der Waals surface area contributed by atoms with E-state index in [1.165, 1.54) is 6.08 Å². The summed E-state index contributed by atoms with van der Waals surface area (Å²) in [4.78, 5) is 29.8. The molecule has 4 aromatic rings. The predicted octanol–water partition coefficient (Wildman–Crippen LogP) is 3.97. The highest BCUT2D eigenvalue weighted by Crippen LogP contribution is 2.39. The lowest BCUT2D eigenvalue weighted by Gasteiger charge is -2.37. The summed E-state index contributed by atoms with van der Waals surface area (Å²) in [5.74, 6) is -0.243. The van der Waals surface area contributed by atoms with E-state index in [9.17, 15) is 9.18 Å². The third-order valence-electron chi connectivity index (χ3n) is 7.13. The Morgan fingerprint density at radius 2 is 1.93 bits per heavy atom. The number of fused-ring (bicyclic) bond motifs is 1. The van der Waals surface area contributed by atoms with Gasteiger partial charge in [-0.05, 0) is 45.1 Å². The fourth-order valence-electron chi connectivity index (χ4n) is 4.93. The van der Waals surface area contributed by atoms with Crippen LogP contribution in [0.3, 0.4) is 0 Å². The fraction of sp³-hybridized carbons (Fsp3) is 0.321. The number of nitrogens with one attached hydrogen (secondary N) is 2. The molecule has 0 bridgehead atoms. The molecule has 3 aromatic heterocycles.